The van der Waals surface area contributed by atoms with Crippen molar-refractivity contribution in [1.29, 1.82) is 0 Å². The van der Waals surface area contributed by atoms with Crippen molar-refractivity contribution in [3.05, 3.63) is 76.3 Å². The SMILES string of the molecule is CCOc1ccc(Nc2ccc(S(=O)(=O)N(C)C)cc2[N+](=O)[O-])cc1NC(=O)Nc1ccccc1CC. The van der Waals surface area contributed by atoms with Gasteiger partial charge in [0.25, 0.3) is 5.69 Å². The number of rotatable bonds is 10. The molecule has 3 aromatic carbocycles. The van der Waals surface area contributed by atoms with Gasteiger partial charge in [0.2, 0.25) is 10.0 Å². The van der Waals surface area contributed by atoms with E-state index in [2.05, 4.69) is 16.0 Å². The summed E-state index contributed by atoms with van der Waals surface area (Å²) in [6.45, 7) is 4.15. The molecule has 0 atom stereocenters. The lowest BCUT2D eigenvalue weighted by molar-refractivity contribution is -0.384. The Hall–Kier alpha value is -4.16. The van der Waals surface area contributed by atoms with Crippen LogP contribution in [0.3, 0.4) is 0 Å². The van der Waals surface area contributed by atoms with Gasteiger partial charge in [-0.15, -0.1) is 0 Å². The summed E-state index contributed by atoms with van der Waals surface area (Å²) in [7, 11) is -1.16. The number of benzene rings is 3. The maximum Gasteiger partial charge on any atom is 0.323 e. The molecular weight excluding hydrogens is 498 g/mol. The molecule has 12 heteroatoms. The average Bonchev–Trinajstić information content (AvgIpc) is 2.85. The number of nitrogens with one attached hydrogen (secondary N) is 3. The topological polar surface area (TPSA) is 143 Å². The molecule has 3 aromatic rings. The van der Waals surface area contributed by atoms with E-state index in [0.717, 1.165) is 22.4 Å². The molecule has 0 radical (unpaired) electrons. The lowest BCUT2D eigenvalue weighted by atomic mass is 10.1. The second-order valence-corrected chi connectivity index (χ2v) is 10.2. The first kappa shape index (κ1) is 27.4. The maximum atomic E-state index is 12.8. The number of amides is 2. The number of nitro groups is 1. The zero-order chi connectivity index (χ0) is 27.2. The van der Waals surface area contributed by atoms with Crippen LogP contribution in [0, 0.1) is 10.1 Å². The number of hydrogen-bond acceptors (Lipinski definition) is 7. The molecule has 37 heavy (non-hydrogen) atoms. The zero-order valence-corrected chi connectivity index (χ0v) is 21.8. The van der Waals surface area contributed by atoms with Gasteiger partial charge in [0.1, 0.15) is 11.4 Å². The highest BCUT2D eigenvalue weighted by atomic mass is 32.2. The van der Waals surface area contributed by atoms with E-state index < -0.39 is 26.7 Å². The average molecular weight is 528 g/mol. The number of aryl methyl sites for hydroxylation is 1. The molecular formula is C25H29N5O6S. The predicted molar refractivity (Wildman–Crippen MR) is 143 cm³/mol. The molecule has 0 spiro atoms. The van der Waals surface area contributed by atoms with Crippen LogP contribution in [0.1, 0.15) is 19.4 Å². The molecule has 0 heterocycles. The molecule has 2 amide bonds. The number of nitrogens with zero attached hydrogens (tertiary/aromatic N) is 2. The second kappa shape index (κ2) is 11.7. The van der Waals surface area contributed by atoms with E-state index >= 15 is 0 Å². The van der Waals surface area contributed by atoms with Crippen LogP contribution < -0.4 is 20.7 Å². The second-order valence-electron chi connectivity index (χ2n) is 8.08. The standard InChI is InChI=1S/C25H29N5O6S/c1-5-17-9-7-8-10-20(17)27-25(31)28-22-15-18(11-14-24(22)36-6-2)26-21-13-12-19(16-23(21)30(32)33)37(34,35)29(3)4/h7-16,26H,5-6H2,1-4H3,(H2,27,28,31). The van der Waals surface area contributed by atoms with Gasteiger partial charge in [0.05, 0.1) is 22.1 Å². The van der Waals surface area contributed by atoms with Crippen LogP contribution in [-0.4, -0.2) is 44.4 Å². The van der Waals surface area contributed by atoms with Gasteiger partial charge in [-0.25, -0.2) is 17.5 Å². The summed E-state index contributed by atoms with van der Waals surface area (Å²) < 4.78 is 31.4. The molecule has 0 saturated heterocycles. The molecule has 0 unspecified atom stereocenters. The first-order chi connectivity index (χ1) is 17.6. The Bertz CT molecular complexity index is 1410. The number of ether oxygens (including phenoxy) is 1. The third-order valence-corrected chi connectivity index (χ3v) is 7.21. The number of anilines is 4. The molecule has 3 N–H and O–H groups in total. The normalized spacial score (nSPS) is 11.2. The highest BCUT2D eigenvalue weighted by molar-refractivity contribution is 7.89. The van der Waals surface area contributed by atoms with Gasteiger partial charge in [0.15, 0.2) is 0 Å². The lowest BCUT2D eigenvalue weighted by Crippen LogP contribution is -2.22. The maximum absolute atomic E-state index is 12.8. The Morgan fingerprint density at radius 2 is 1.68 bits per heavy atom. The Balaban J connectivity index is 1.90. The van der Waals surface area contributed by atoms with Gasteiger partial charge in [-0.05, 0) is 55.3 Å². The summed E-state index contributed by atoms with van der Waals surface area (Å²) in [6.07, 6.45) is 0.744. The summed E-state index contributed by atoms with van der Waals surface area (Å²) in [6, 6.07) is 15.4. The fraction of sp³-hybridized carbons (Fsp3) is 0.240. The molecule has 0 aromatic heterocycles. The monoisotopic (exact) mass is 527 g/mol. The van der Waals surface area contributed by atoms with Crippen molar-refractivity contribution >= 4 is 44.5 Å². The molecule has 0 saturated carbocycles. The van der Waals surface area contributed by atoms with Crippen molar-refractivity contribution in [3.63, 3.8) is 0 Å². The molecule has 0 bridgehead atoms. The highest BCUT2D eigenvalue weighted by Gasteiger charge is 2.23. The van der Waals surface area contributed by atoms with Gasteiger partial charge in [-0.1, -0.05) is 25.1 Å². The smallest absolute Gasteiger partial charge is 0.323 e. The molecule has 196 valence electrons. The van der Waals surface area contributed by atoms with Crippen LogP contribution in [0.15, 0.2) is 65.6 Å². The minimum atomic E-state index is -3.86. The number of para-hydroxylation sites is 1. The number of carbonyl (C=O) groups is 1. The summed E-state index contributed by atoms with van der Waals surface area (Å²) in [5.41, 5.74) is 2.08. The lowest BCUT2D eigenvalue weighted by Gasteiger charge is -2.16. The van der Waals surface area contributed by atoms with Gasteiger partial charge in [0, 0.05) is 31.5 Å². The van der Waals surface area contributed by atoms with Crippen molar-refractivity contribution in [3.8, 4) is 5.75 Å². The van der Waals surface area contributed by atoms with Crippen molar-refractivity contribution < 1.29 is 22.9 Å². The van der Waals surface area contributed by atoms with Gasteiger partial charge >= 0.3 is 6.03 Å². The number of carbonyl (C=O) groups excluding carboxylic acids is 1. The van der Waals surface area contributed by atoms with Crippen molar-refractivity contribution in [2.45, 2.75) is 25.2 Å². The van der Waals surface area contributed by atoms with Gasteiger partial charge < -0.3 is 20.7 Å². The van der Waals surface area contributed by atoms with E-state index in [1.54, 1.807) is 31.2 Å². The predicted octanol–water partition coefficient (Wildman–Crippen LogP) is 5.19. The zero-order valence-electron chi connectivity index (χ0n) is 20.9. The van der Waals surface area contributed by atoms with E-state index in [0.29, 0.717) is 29.4 Å². The van der Waals surface area contributed by atoms with E-state index in [-0.39, 0.29) is 10.6 Å². The summed E-state index contributed by atoms with van der Waals surface area (Å²) in [5.74, 6) is 0.411. The molecule has 3 rings (SSSR count). The van der Waals surface area contributed by atoms with Crippen molar-refractivity contribution in [2.75, 3.05) is 36.7 Å². The Kier molecular flexibility index (Phi) is 8.69. The fourth-order valence-corrected chi connectivity index (χ4v) is 4.43. The Labute approximate surface area is 215 Å². The van der Waals surface area contributed by atoms with Gasteiger partial charge in [-0.2, -0.15) is 0 Å². The van der Waals surface area contributed by atoms with E-state index in [1.165, 1.54) is 26.2 Å². The number of nitro benzene ring substituents is 1. The summed E-state index contributed by atoms with van der Waals surface area (Å²) in [4.78, 5) is 23.6. The number of sulfonamides is 1. The van der Waals surface area contributed by atoms with E-state index in [1.807, 2.05) is 25.1 Å². The van der Waals surface area contributed by atoms with Crippen molar-refractivity contribution in [1.82, 2.24) is 4.31 Å². The van der Waals surface area contributed by atoms with Crippen LogP contribution in [0.4, 0.5) is 33.2 Å². The first-order valence-electron chi connectivity index (χ1n) is 11.5. The third-order valence-electron chi connectivity index (χ3n) is 5.40. The molecule has 0 aliphatic heterocycles. The molecule has 0 fully saturated rings. The fourth-order valence-electron chi connectivity index (χ4n) is 3.51. The summed E-state index contributed by atoms with van der Waals surface area (Å²) in [5, 5.41) is 20.2. The minimum absolute atomic E-state index is 0.0825. The molecule has 0 aliphatic carbocycles. The van der Waals surface area contributed by atoms with Gasteiger partial charge in [-0.3, -0.25) is 10.1 Å². The Morgan fingerprint density at radius 3 is 2.32 bits per heavy atom. The third kappa shape index (κ3) is 6.54. The van der Waals surface area contributed by atoms with Crippen molar-refractivity contribution in [2.24, 2.45) is 0 Å². The van der Waals surface area contributed by atoms with E-state index in [9.17, 15) is 23.3 Å². The van der Waals surface area contributed by atoms with Crippen LogP contribution >= 0.6 is 0 Å². The quantitative estimate of drug-likeness (QED) is 0.243. The molecule has 0 aliphatic rings. The Morgan fingerprint density at radius 1 is 0.973 bits per heavy atom. The van der Waals surface area contributed by atoms with Crippen LogP contribution in [0.5, 0.6) is 5.75 Å². The van der Waals surface area contributed by atoms with Crippen LogP contribution in [-0.2, 0) is 16.4 Å². The molecule has 11 nitrogen and oxygen atoms in total. The van der Waals surface area contributed by atoms with E-state index in [4.69, 9.17) is 4.74 Å². The summed E-state index contributed by atoms with van der Waals surface area (Å²) >= 11 is 0. The highest BCUT2D eigenvalue weighted by Crippen LogP contribution is 2.34. The minimum Gasteiger partial charge on any atom is -0.492 e. The van der Waals surface area contributed by atoms with Crippen LogP contribution in [0.2, 0.25) is 0 Å². The number of hydrogen-bond donors (Lipinski definition) is 3. The largest absolute Gasteiger partial charge is 0.492 e. The first-order valence-corrected chi connectivity index (χ1v) is 12.9. The number of urea groups is 1. The van der Waals surface area contributed by atoms with Crippen LogP contribution in [0.25, 0.3) is 0 Å².